The topological polar surface area (TPSA) is 257 Å². The molecule has 2 aromatic heterocycles. The van der Waals surface area contributed by atoms with Crippen molar-refractivity contribution in [1.82, 2.24) is 40.8 Å². The van der Waals surface area contributed by atoms with Crippen LogP contribution < -0.4 is 21.3 Å². The summed E-state index contributed by atoms with van der Waals surface area (Å²) in [7, 11) is 0. The number of ether oxygens (including phenoxy) is 4. The van der Waals surface area contributed by atoms with Gasteiger partial charge in [-0.1, -0.05) is 62.4 Å². The summed E-state index contributed by atoms with van der Waals surface area (Å²) in [6.45, 7) is 0.845. The minimum absolute atomic E-state index is 0.0782. The molecular formula is C48H56N8O12S2. The van der Waals surface area contributed by atoms with E-state index in [4.69, 9.17) is 18.9 Å². The lowest BCUT2D eigenvalue weighted by Gasteiger charge is -2.25. The molecule has 70 heavy (non-hydrogen) atoms. The third kappa shape index (κ3) is 14.9. The van der Waals surface area contributed by atoms with Gasteiger partial charge < -0.3 is 40.2 Å². The number of nitrogens with zero attached hydrogens (tertiary/aromatic N) is 4. The van der Waals surface area contributed by atoms with Gasteiger partial charge in [0.05, 0.1) is 13.1 Å². The number of esters is 4. The van der Waals surface area contributed by atoms with Crippen molar-refractivity contribution in [3.63, 3.8) is 0 Å². The molecule has 0 bridgehead atoms. The number of cyclic esters (lactones) is 4. The number of amides is 4. The third-order valence-electron chi connectivity index (χ3n) is 11.6. The van der Waals surface area contributed by atoms with E-state index in [0.29, 0.717) is 36.1 Å². The van der Waals surface area contributed by atoms with Crippen LogP contribution in [0.1, 0.15) is 65.7 Å². The molecule has 4 aromatic rings. The quantitative estimate of drug-likeness (QED) is 0.116. The van der Waals surface area contributed by atoms with Crippen molar-refractivity contribution < 1.29 is 57.3 Å². The highest BCUT2D eigenvalue weighted by atomic mass is 32.2. The monoisotopic (exact) mass is 1000 g/mol. The molecule has 2 aromatic carbocycles. The van der Waals surface area contributed by atoms with Gasteiger partial charge >= 0.3 is 23.9 Å². The number of carbonyl (C=O) groups excluding carboxylic acids is 8. The molecule has 3 aliphatic rings. The van der Waals surface area contributed by atoms with E-state index in [2.05, 4.69) is 31.5 Å². The molecular weight excluding hydrogens is 945 g/mol. The van der Waals surface area contributed by atoms with Gasteiger partial charge in [-0.3, -0.25) is 42.9 Å². The lowest BCUT2D eigenvalue weighted by Crippen LogP contribution is -2.48. The summed E-state index contributed by atoms with van der Waals surface area (Å²) in [5, 5.41) is 18.5. The van der Waals surface area contributed by atoms with E-state index < -0.39 is 98.6 Å². The van der Waals surface area contributed by atoms with Crippen molar-refractivity contribution >= 4 is 71.0 Å². The van der Waals surface area contributed by atoms with E-state index in [1.54, 1.807) is 50.5 Å². The Bertz CT molecular complexity index is 2510. The Balaban J connectivity index is 0.997. The first-order valence-electron chi connectivity index (χ1n) is 22.9. The summed E-state index contributed by atoms with van der Waals surface area (Å²) in [5.74, 6) is -2.56. The Labute approximate surface area is 412 Å². The molecule has 0 radical (unpaired) electrons. The van der Waals surface area contributed by atoms with Crippen LogP contribution in [0.25, 0.3) is 0 Å². The Morgan fingerprint density at radius 2 is 1.01 bits per heavy atom. The molecule has 3 atom stereocenters. The van der Waals surface area contributed by atoms with Crippen LogP contribution in [-0.2, 0) is 83.2 Å². The van der Waals surface area contributed by atoms with Crippen LogP contribution in [0.2, 0.25) is 0 Å². The lowest BCUT2D eigenvalue weighted by molar-refractivity contribution is -0.160. The van der Waals surface area contributed by atoms with Gasteiger partial charge in [0, 0.05) is 71.5 Å². The molecule has 5 heterocycles. The number of hydrogen-bond acceptors (Lipinski definition) is 16. The summed E-state index contributed by atoms with van der Waals surface area (Å²) in [6, 6.07) is 17.3. The molecule has 0 saturated carbocycles. The standard InChI is InChI=1S/C48H56N8O12S2/c1-29(2)15-36-48(64)68-40(17-31-5-9-33(10-6-31)22-56-38(12-14-53-56)35-27-70-28-35)47(63)51-18-43(59)65-23-41(57)49-20-45(61)67-39(46(62)50-19-44(60)66-24-42(58)54-36)16-30-3-7-32(8-4-30)21-55-37(11-13-52-55)34-25-69-26-34/h3-14,29,34-36,39-40H,15-28H2,1-2H3,(H,49,57)(H,50,62)(H,51,63)(H,54,58). The highest BCUT2D eigenvalue weighted by Crippen LogP contribution is 2.35. The summed E-state index contributed by atoms with van der Waals surface area (Å²) in [5.41, 5.74) is 5.43. The second-order valence-corrected chi connectivity index (χ2v) is 19.7. The van der Waals surface area contributed by atoms with Crippen molar-refractivity contribution in [3.8, 4) is 0 Å². The first kappa shape index (κ1) is 51.2. The molecule has 20 nitrogen and oxygen atoms in total. The highest BCUT2D eigenvalue weighted by molar-refractivity contribution is 8.00. The zero-order valence-electron chi connectivity index (χ0n) is 38.8. The molecule has 0 aliphatic carbocycles. The zero-order chi connectivity index (χ0) is 49.6. The number of benzene rings is 2. The van der Waals surface area contributed by atoms with Crippen LogP contribution in [-0.4, -0.2) is 141 Å². The molecule has 3 unspecified atom stereocenters. The molecule has 4 N–H and O–H groups in total. The van der Waals surface area contributed by atoms with Crippen molar-refractivity contribution in [2.24, 2.45) is 5.92 Å². The minimum atomic E-state index is -1.49. The van der Waals surface area contributed by atoms with Crippen molar-refractivity contribution in [2.45, 2.75) is 76.3 Å². The van der Waals surface area contributed by atoms with E-state index in [9.17, 15) is 38.4 Å². The SMILES string of the molecule is CC(C)CC1NC(=O)COC(=O)CNC(=O)C(Cc2ccc(Cn3nccc3C3CSC3)cc2)OC(=O)CNC(=O)COC(=O)CNC(=O)C(Cc2ccc(Cn3nccc3C3CSC3)cc2)OC1=O. The first-order valence-corrected chi connectivity index (χ1v) is 25.2. The van der Waals surface area contributed by atoms with Gasteiger partial charge in [-0.25, -0.2) is 4.79 Å². The van der Waals surface area contributed by atoms with E-state index in [0.717, 1.165) is 45.5 Å². The van der Waals surface area contributed by atoms with Gasteiger partial charge in [0.15, 0.2) is 25.4 Å². The maximum Gasteiger partial charge on any atom is 0.329 e. The average molecular weight is 1000 g/mol. The highest BCUT2D eigenvalue weighted by Gasteiger charge is 2.32. The van der Waals surface area contributed by atoms with Crippen LogP contribution in [0.5, 0.6) is 0 Å². The van der Waals surface area contributed by atoms with Gasteiger partial charge in [0.1, 0.15) is 25.7 Å². The Hall–Kier alpha value is -6.68. The summed E-state index contributed by atoms with van der Waals surface area (Å²) >= 11 is 3.76. The predicted octanol–water partition coefficient (Wildman–Crippen LogP) is 1.43. The number of rotatable bonds is 12. The normalized spacial score (nSPS) is 21.1. The van der Waals surface area contributed by atoms with Crippen LogP contribution in [0.3, 0.4) is 0 Å². The van der Waals surface area contributed by atoms with Crippen LogP contribution in [0.15, 0.2) is 73.1 Å². The molecule has 3 aliphatic heterocycles. The summed E-state index contributed by atoms with van der Waals surface area (Å²) in [6.07, 6.45) is 0.423. The Kier molecular flexibility index (Phi) is 18.1. The van der Waals surface area contributed by atoms with E-state index in [-0.39, 0.29) is 25.2 Å². The van der Waals surface area contributed by atoms with Gasteiger partial charge in [0.25, 0.3) is 23.6 Å². The summed E-state index contributed by atoms with van der Waals surface area (Å²) < 4.78 is 25.2. The second kappa shape index (κ2) is 24.7. The Morgan fingerprint density at radius 3 is 1.47 bits per heavy atom. The second-order valence-electron chi connectivity index (χ2n) is 17.5. The number of thioether (sulfide) groups is 2. The maximum absolute atomic E-state index is 13.8. The molecule has 3 saturated heterocycles. The van der Waals surface area contributed by atoms with Crippen molar-refractivity contribution in [3.05, 3.63) is 107 Å². The van der Waals surface area contributed by atoms with E-state index in [1.165, 1.54) is 0 Å². The smallest absolute Gasteiger partial charge is 0.329 e. The fraction of sp³-hybridized carbons (Fsp3) is 0.458. The fourth-order valence-electron chi connectivity index (χ4n) is 7.67. The van der Waals surface area contributed by atoms with E-state index in [1.807, 2.05) is 69.3 Å². The molecule has 22 heteroatoms. The molecule has 3 fully saturated rings. The van der Waals surface area contributed by atoms with E-state index >= 15 is 0 Å². The van der Waals surface area contributed by atoms with Crippen molar-refractivity contribution in [1.29, 1.82) is 0 Å². The third-order valence-corrected chi connectivity index (χ3v) is 14.1. The van der Waals surface area contributed by atoms with Crippen LogP contribution in [0, 0.1) is 5.92 Å². The van der Waals surface area contributed by atoms with Crippen LogP contribution >= 0.6 is 23.5 Å². The van der Waals surface area contributed by atoms with Crippen LogP contribution in [0.4, 0.5) is 0 Å². The molecule has 0 spiro atoms. The number of carbonyl (C=O) groups is 8. The Morgan fingerprint density at radius 1 is 0.571 bits per heavy atom. The number of nitrogens with one attached hydrogen (secondary N) is 4. The fourth-order valence-corrected chi connectivity index (χ4v) is 9.30. The zero-order valence-corrected chi connectivity index (χ0v) is 40.4. The van der Waals surface area contributed by atoms with Gasteiger partial charge in [-0.15, -0.1) is 0 Å². The number of aromatic nitrogens is 4. The predicted molar refractivity (Wildman–Crippen MR) is 255 cm³/mol. The van der Waals surface area contributed by atoms with Crippen molar-refractivity contribution in [2.75, 3.05) is 55.9 Å². The largest absolute Gasteiger partial charge is 0.454 e. The minimum Gasteiger partial charge on any atom is -0.454 e. The average Bonchev–Trinajstić information content (AvgIpc) is 3.95. The molecule has 7 rings (SSSR count). The molecule has 372 valence electrons. The van der Waals surface area contributed by atoms with Gasteiger partial charge in [0.2, 0.25) is 0 Å². The number of hydrogen-bond donors (Lipinski definition) is 4. The summed E-state index contributed by atoms with van der Waals surface area (Å²) in [4.78, 5) is 105. The van der Waals surface area contributed by atoms with Gasteiger partial charge in [-0.2, -0.15) is 33.7 Å². The lowest BCUT2D eigenvalue weighted by atomic mass is 10.0. The molecule has 4 amide bonds. The first-order chi connectivity index (χ1) is 33.8. The maximum atomic E-state index is 13.8. The van der Waals surface area contributed by atoms with Gasteiger partial charge in [-0.05, 0) is 46.7 Å².